The Bertz CT molecular complexity index is 762. The highest BCUT2D eigenvalue weighted by molar-refractivity contribution is 6.29. The summed E-state index contributed by atoms with van der Waals surface area (Å²) in [5.74, 6) is 0. The summed E-state index contributed by atoms with van der Waals surface area (Å²) in [6.45, 7) is 0.547. The number of carbonyl (C=O) groups is 1. The number of nitrogens with one attached hydrogen (secondary N) is 2. The molecule has 1 aliphatic heterocycles. The van der Waals surface area contributed by atoms with Crippen molar-refractivity contribution in [3.8, 4) is 0 Å². The predicted octanol–water partition coefficient (Wildman–Crippen LogP) is 3.03. The van der Waals surface area contributed by atoms with Gasteiger partial charge < -0.3 is 21.1 Å². The lowest BCUT2D eigenvalue weighted by atomic mass is 10.1. The van der Waals surface area contributed by atoms with Crippen molar-refractivity contribution in [3.63, 3.8) is 0 Å². The monoisotopic (exact) mass is 359 g/mol. The number of pyridine rings is 1. The van der Waals surface area contributed by atoms with Gasteiger partial charge in [-0.25, -0.2) is 14.8 Å². The molecule has 0 spiro atoms. The molecule has 3 rings (SSSR count). The summed E-state index contributed by atoms with van der Waals surface area (Å²) in [5.41, 5.74) is 7.92. The van der Waals surface area contributed by atoms with E-state index in [1.807, 2.05) is 24.3 Å². The summed E-state index contributed by atoms with van der Waals surface area (Å²) >= 11 is 5.71. The van der Waals surface area contributed by atoms with E-state index < -0.39 is 0 Å². The lowest BCUT2D eigenvalue weighted by Crippen LogP contribution is -2.19. The molecular weight excluding hydrogens is 342 g/mol. The Morgan fingerprint density at radius 2 is 1.92 bits per heavy atom. The standard InChI is InChI=1S/C17H18ClN5O2/c18-15-8-7-13(9-20-15)23-17(24)22-12-4-1-11(2-5-12)3-6-14-10-25-16(19)21-14/h1-2,4-5,7-9,14H,3,6,10H2,(H2,19,21)(H2,22,23,24)/t14-/m0/s1. The molecule has 0 saturated carbocycles. The Kier molecular flexibility index (Phi) is 5.35. The molecule has 0 fully saturated rings. The van der Waals surface area contributed by atoms with Gasteiger partial charge in [-0.1, -0.05) is 23.7 Å². The first-order valence-electron chi connectivity index (χ1n) is 7.83. The molecule has 4 N–H and O–H groups in total. The zero-order valence-electron chi connectivity index (χ0n) is 13.4. The molecule has 0 saturated heterocycles. The first-order valence-corrected chi connectivity index (χ1v) is 8.21. The van der Waals surface area contributed by atoms with Gasteiger partial charge in [0.2, 0.25) is 0 Å². The number of amidine groups is 1. The summed E-state index contributed by atoms with van der Waals surface area (Å²) in [4.78, 5) is 20.1. The van der Waals surface area contributed by atoms with E-state index in [1.165, 1.54) is 6.20 Å². The van der Waals surface area contributed by atoms with E-state index in [0.717, 1.165) is 18.4 Å². The van der Waals surface area contributed by atoms with E-state index in [2.05, 4.69) is 20.6 Å². The van der Waals surface area contributed by atoms with E-state index in [4.69, 9.17) is 22.1 Å². The molecule has 130 valence electrons. The Morgan fingerprint density at radius 1 is 1.20 bits per heavy atom. The second kappa shape index (κ2) is 7.85. The van der Waals surface area contributed by atoms with Crippen LogP contribution in [0.15, 0.2) is 47.6 Å². The number of carbonyl (C=O) groups excluding carboxylic acids is 1. The Labute approximate surface area is 150 Å². The Hall–Kier alpha value is -2.80. The molecule has 1 atom stereocenters. The van der Waals surface area contributed by atoms with Gasteiger partial charge in [-0.2, -0.15) is 0 Å². The maximum atomic E-state index is 12.0. The molecule has 1 aromatic heterocycles. The summed E-state index contributed by atoms with van der Waals surface area (Å²) in [6, 6.07) is 11.0. The minimum atomic E-state index is -0.343. The number of nitrogens with two attached hydrogens (primary N) is 1. The van der Waals surface area contributed by atoms with Gasteiger partial charge in [0.15, 0.2) is 0 Å². The second-order valence-electron chi connectivity index (χ2n) is 5.62. The van der Waals surface area contributed by atoms with Crippen LogP contribution in [0.4, 0.5) is 16.2 Å². The van der Waals surface area contributed by atoms with Crippen LogP contribution < -0.4 is 16.4 Å². The van der Waals surface area contributed by atoms with Crippen molar-refractivity contribution < 1.29 is 9.53 Å². The van der Waals surface area contributed by atoms with Crippen molar-refractivity contribution in [2.24, 2.45) is 10.7 Å². The normalized spacial score (nSPS) is 16.0. The molecule has 0 aliphatic carbocycles. The number of benzene rings is 1. The van der Waals surface area contributed by atoms with Crippen LogP contribution in [0, 0.1) is 0 Å². The quantitative estimate of drug-likeness (QED) is 0.714. The van der Waals surface area contributed by atoms with Crippen molar-refractivity contribution in [3.05, 3.63) is 53.3 Å². The smallest absolute Gasteiger partial charge is 0.323 e. The van der Waals surface area contributed by atoms with Crippen LogP contribution >= 0.6 is 11.6 Å². The molecule has 8 heteroatoms. The number of amides is 2. The number of halogens is 1. The highest BCUT2D eigenvalue weighted by Gasteiger charge is 2.16. The number of urea groups is 1. The van der Waals surface area contributed by atoms with Crippen LogP contribution in [0.2, 0.25) is 5.15 Å². The number of aromatic nitrogens is 1. The highest BCUT2D eigenvalue weighted by atomic mass is 35.5. The number of hydrogen-bond donors (Lipinski definition) is 3. The highest BCUT2D eigenvalue weighted by Crippen LogP contribution is 2.15. The number of ether oxygens (including phenoxy) is 1. The first-order chi connectivity index (χ1) is 12.1. The molecule has 1 aromatic carbocycles. The molecular formula is C17H18ClN5O2. The zero-order valence-corrected chi connectivity index (χ0v) is 14.2. The molecule has 25 heavy (non-hydrogen) atoms. The number of aryl methyl sites for hydroxylation is 1. The van der Waals surface area contributed by atoms with Crippen molar-refractivity contribution in [2.75, 3.05) is 17.2 Å². The fourth-order valence-corrected chi connectivity index (χ4v) is 2.53. The van der Waals surface area contributed by atoms with E-state index >= 15 is 0 Å². The van der Waals surface area contributed by atoms with Gasteiger partial charge >= 0.3 is 6.03 Å². The third-order valence-corrected chi connectivity index (χ3v) is 3.92. The third-order valence-electron chi connectivity index (χ3n) is 3.70. The molecule has 1 aliphatic rings. The van der Waals surface area contributed by atoms with E-state index in [0.29, 0.717) is 23.1 Å². The number of aliphatic imine (C=N–C) groups is 1. The second-order valence-corrected chi connectivity index (χ2v) is 6.00. The molecule has 0 unspecified atom stereocenters. The first kappa shape index (κ1) is 17.0. The topological polar surface area (TPSA) is 102 Å². The lowest BCUT2D eigenvalue weighted by molar-refractivity contribution is 0.262. The SMILES string of the molecule is NC1=N[C@@H](CCc2ccc(NC(=O)Nc3ccc(Cl)nc3)cc2)CO1. The van der Waals surface area contributed by atoms with E-state index in [1.54, 1.807) is 12.1 Å². The van der Waals surface area contributed by atoms with E-state index in [9.17, 15) is 4.79 Å². The molecule has 7 nitrogen and oxygen atoms in total. The fraction of sp³-hybridized carbons (Fsp3) is 0.235. The maximum absolute atomic E-state index is 12.0. The number of rotatable bonds is 5. The summed E-state index contributed by atoms with van der Waals surface area (Å²) in [5, 5.41) is 5.83. The minimum absolute atomic E-state index is 0.122. The number of nitrogens with zero attached hydrogens (tertiary/aromatic N) is 2. The van der Waals surface area contributed by atoms with Gasteiger partial charge in [-0.15, -0.1) is 0 Å². The van der Waals surface area contributed by atoms with Crippen LogP contribution in [0.5, 0.6) is 0 Å². The van der Waals surface area contributed by atoms with Crippen molar-refractivity contribution in [1.82, 2.24) is 4.98 Å². The van der Waals surface area contributed by atoms with Gasteiger partial charge in [0.25, 0.3) is 6.02 Å². The lowest BCUT2D eigenvalue weighted by Gasteiger charge is -2.09. The average molecular weight is 360 g/mol. The zero-order chi connectivity index (χ0) is 17.6. The Morgan fingerprint density at radius 3 is 2.56 bits per heavy atom. The van der Waals surface area contributed by atoms with Gasteiger partial charge in [-0.05, 0) is 42.7 Å². The van der Waals surface area contributed by atoms with Crippen LogP contribution in [-0.2, 0) is 11.2 Å². The largest absolute Gasteiger partial charge is 0.463 e. The summed E-state index contributed by atoms with van der Waals surface area (Å²) < 4.78 is 5.13. The van der Waals surface area contributed by atoms with E-state index in [-0.39, 0.29) is 18.1 Å². The van der Waals surface area contributed by atoms with Gasteiger partial charge in [0, 0.05) is 5.69 Å². The molecule has 0 radical (unpaired) electrons. The molecule has 2 aromatic rings. The predicted molar refractivity (Wildman–Crippen MR) is 98.0 cm³/mol. The minimum Gasteiger partial charge on any atom is -0.463 e. The summed E-state index contributed by atoms with van der Waals surface area (Å²) in [6.07, 6.45) is 3.23. The Balaban J connectivity index is 1.48. The fourth-order valence-electron chi connectivity index (χ4n) is 2.42. The van der Waals surface area contributed by atoms with Gasteiger partial charge in [0.05, 0.1) is 17.9 Å². The van der Waals surface area contributed by atoms with Crippen molar-refractivity contribution in [2.45, 2.75) is 18.9 Å². The van der Waals surface area contributed by atoms with Crippen molar-refractivity contribution >= 4 is 35.0 Å². The van der Waals surface area contributed by atoms with Crippen LogP contribution in [0.3, 0.4) is 0 Å². The maximum Gasteiger partial charge on any atom is 0.323 e. The molecule has 2 amide bonds. The summed E-state index contributed by atoms with van der Waals surface area (Å²) in [7, 11) is 0. The number of anilines is 2. The number of hydrogen-bond acceptors (Lipinski definition) is 5. The molecule has 0 bridgehead atoms. The van der Waals surface area contributed by atoms with Gasteiger partial charge in [0.1, 0.15) is 11.8 Å². The third kappa shape index (κ3) is 5.09. The van der Waals surface area contributed by atoms with Crippen molar-refractivity contribution in [1.29, 1.82) is 0 Å². The average Bonchev–Trinajstić information content (AvgIpc) is 3.02. The van der Waals surface area contributed by atoms with Crippen LogP contribution in [0.1, 0.15) is 12.0 Å². The van der Waals surface area contributed by atoms with Crippen LogP contribution in [0.25, 0.3) is 0 Å². The van der Waals surface area contributed by atoms with Gasteiger partial charge in [-0.3, -0.25) is 0 Å². The van der Waals surface area contributed by atoms with Crippen LogP contribution in [-0.4, -0.2) is 29.7 Å². The molecule has 2 heterocycles.